The summed E-state index contributed by atoms with van der Waals surface area (Å²) in [5.74, 6) is -0.565. The second-order valence-electron chi connectivity index (χ2n) is 8.13. The SMILES string of the molecule is COCCN1C[C@@]2(F)CN(C(=O)C3CCN(c4ccccn4)CC3)C[C@@]2(F)C1=O. The quantitative estimate of drug-likeness (QED) is 0.729. The molecular formula is C20H26F2N4O3. The molecule has 3 aliphatic rings. The normalized spacial score (nSPS) is 30.2. The highest BCUT2D eigenvalue weighted by Gasteiger charge is 2.71. The Morgan fingerprint density at radius 3 is 2.62 bits per heavy atom. The zero-order valence-electron chi connectivity index (χ0n) is 16.5. The summed E-state index contributed by atoms with van der Waals surface area (Å²) in [4.78, 5) is 34.2. The van der Waals surface area contributed by atoms with Gasteiger partial charge < -0.3 is 19.4 Å². The largest absolute Gasteiger partial charge is 0.383 e. The number of carbonyl (C=O) groups excluding carboxylic acids is 2. The van der Waals surface area contributed by atoms with Crippen LogP contribution in [0.5, 0.6) is 0 Å². The molecule has 0 spiro atoms. The molecule has 4 heterocycles. The molecule has 1 aromatic rings. The maximum Gasteiger partial charge on any atom is 0.265 e. The first-order valence-corrected chi connectivity index (χ1v) is 9.99. The minimum atomic E-state index is -2.66. The molecule has 29 heavy (non-hydrogen) atoms. The van der Waals surface area contributed by atoms with E-state index in [0.29, 0.717) is 25.9 Å². The first-order valence-electron chi connectivity index (χ1n) is 9.99. The number of hydrogen-bond donors (Lipinski definition) is 0. The minimum absolute atomic E-state index is 0.145. The van der Waals surface area contributed by atoms with Crippen molar-refractivity contribution in [2.24, 2.45) is 5.92 Å². The number of rotatable bonds is 5. The average Bonchev–Trinajstić information content (AvgIpc) is 3.11. The second-order valence-corrected chi connectivity index (χ2v) is 8.13. The third kappa shape index (κ3) is 3.35. The molecule has 0 radical (unpaired) electrons. The highest BCUT2D eigenvalue weighted by atomic mass is 19.2. The fourth-order valence-electron chi connectivity index (χ4n) is 4.64. The fourth-order valence-corrected chi connectivity index (χ4v) is 4.64. The fraction of sp³-hybridized carbons (Fsp3) is 0.650. The second kappa shape index (κ2) is 7.51. The van der Waals surface area contributed by atoms with Crippen molar-refractivity contribution in [3.8, 4) is 0 Å². The first-order chi connectivity index (χ1) is 13.9. The Labute approximate surface area is 168 Å². The van der Waals surface area contributed by atoms with Gasteiger partial charge in [0.25, 0.3) is 5.91 Å². The number of fused-ring (bicyclic) bond motifs is 1. The predicted molar refractivity (Wildman–Crippen MR) is 102 cm³/mol. The number of piperidine rings is 1. The van der Waals surface area contributed by atoms with E-state index < -0.39 is 23.8 Å². The first kappa shape index (κ1) is 20.0. The van der Waals surface area contributed by atoms with Crippen LogP contribution in [-0.2, 0) is 14.3 Å². The molecule has 0 bridgehead atoms. The van der Waals surface area contributed by atoms with E-state index in [1.54, 1.807) is 6.20 Å². The van der Waals surface area contributed by atoms with E-state index in [-0.39, 0.29) is 38.1 Å². The number of alkyl halides is 2. The van der Waals surface area contributed by atoms with Crippen LogP contribution in [0.3, 0.4) is 0 Å². The molecule has 0 aromatic carbocycles. The van der Waals surface area contributed by atoms with Crippen LogP contribution in [0, 0.1) is 5.92 Å². The maximum atomic E-state index is 15.4. The lowest BCUT2D eigenvalue weighted by Crippen LogP contribution is -2.48. The lowest BCUT2D eigenvalue weighted by Gasteiger charge is -2.34. The molecule has 0 unspecified atom stereocenters. The van der Waals surface area contributed by atoms with E-state index in [1.165, 1.54) is 12.0 Å². The number of aromatic nitrogens is 1. The van der Waals surface area contributed by atoms with Gasteiger partial charge in [-0.15, -0.1) is 0 Å². The third-order valence-electron chi connectivity index (χ3n) is 6.32. The maximum absolute atomic E-state index is 15.4. The average molecular weight is 408 g/mol. The Bertz CT molecular complexity index is 774. The van der Waals surface area contributed by atoms with Gasteiger partial charge in [0.1, 0.15) is 5.82 Å². The van der Waals surface area contributed by atoms with E-state index in [0.717, 1.165) is 10.7 Å². The van der Waals surface area contributed by atoms with E-state index in [4.69, 9.17) is 4.74 Å². The Balaban J connectivity index is 1.38. The van der Waals surface area contributed by atoms with Gasteiger partial charge in [-0.05, 0) is 25.0 Å². The van der Waals surface area contributed by atoms with E-state index >= 15 is 8.78 Å². The molecule has 4 rings (SSSR count). The molecule has 9 heteroatoms. The number of likely N-dealkylation sites (tertiary alicyclic amines) is 2. The molecule has 0 aliphatic carbocycles. The monoisotopic (exact) mass is 408 g/mol. The summed E-state index contributed by atoms with van der Waals surface area (Å²) in [5.41, 5.74) is -5.02. The molecule has 2 atom stereocenters. The number of carbonyl (C=O) groups is 2. The smallest absolute Gasteiger partial charge is 0.265 e. The van der Waals surface area contributed by atoms with Gasteiger partial charge in [-0.2, -0.15) is 0 Å². The molecule has 7 nitrogen and oxygen atoms in total. The van der Waals surface area contributed by atoms with Gasteiger partial charge >= 0.3 is 0 Å². The van der Waals surface area contributed by atoms with Crippen molar-refractivity contribution in [1.29, 1.82) is 0 Å². The molecule has 3 saturated heterocycles. The summed E-state index contributed by atoms with van der Waals surface area (Å²) in [5, 5.41) is 0. The summed E-state index contributed by atoms with van der Waals surface area (Å²) < 4.78 is 35.7. The molecule has 2 amide bonds. The minimum Gasteiger partial charge on any atom is -0.383 e. The number of methoxy groups -OCH3 is 1. The Morgan fingerprint density at radius 1 is 1.24 bits per heavy atom. The van der Waals surface area contributed by atoms with Gasteiger partial charge in [-0.3, -0.25) is 9.59 Å². The molecule has 3 fully saturated rings. The number of hydrogen-bond acceptors (Lipinski definition) is 5. The number of halogens is 2. The van der Waals surface area contributed by atoms with E-state index in [9.17, 15) is 9.59 Å². The lowest BCUT2D eigenvalue weighted by atomic mass is 9.93. The highest BCUT2D eigenvalue weighted by molar-refractivity contribution is 5.92. The summed E-state index contributed by atoms with van der Waals surface area (Å²) in [6.45, 7) is 0.456. The Hall–Kier alpha value is -2.29. The number of ether oxygens (including phenoxy) is 1. The molecule has 158 valence electrons. The standard InChI is InChI=1S/C20H26F2N4O3/c1-29-11-10-25-12-19(21)13-26(14-20(19,22)18(25)28)17(27)15-5-8-24(9-6-15)16-4-2-3-7-23-16/h2-4,7,15H,5-6,8-14H2,1H3/t19-,20-/m1/s1. The van der Waals surface area contributed by atoms with Crippen molar-refractivity contribution in [1.82, 2.24) is 14.8 Å². The van der Waals surface area contributed by atoms with Crippen LogP contribution < -0.4 is 4.90 Å². The van der Waals surface area contributed by atoms with Gasteiger partial charge in [0.05, 0.1) is 26.2 Å². The van der Waals surface area contributed by atoms with Crippen molar-refractivity contribution in [3.05, 3.63) is 24.4 Å². The molecular weight excluding hydrogens is 382 g/mol. The Kier molecular flexibility index (Phi) is 5.18. The van der Waals surface area contributed by atoms with Crippen LogP contribution in [-0.4, -0.2) is 90.9 Å². The Morgan fingerprint density at radius 2 is 2.00 bits per heavy atom. The summed E-state index contributed by atoms with van der Waals surface area (Å²) in [6.07, 6.45) is 2.92. The lowest BCUT2D eigenvalue weighted by molar-refractivity contribution is -0.141. The van der Waals surface area contributed by atoms with Crippen molar-refractivity contribution < 1.29 is 23.1 Å². The zero-order chi connectivity index (χ0) is 20.6. The van der Waals surface area contributed by atoms with Crippen LogP contribution in [0.4, 0.5) is 14.6 Å². The third-order valence-corrected chi connectivity index (χ3v) is 6.32. The van der Waals surface area contributed by atoms with Crippen molar-refractivity contribution in [2.75, 3.05) is 57.9 Å². The van der Waals surface area contributed by atoms with Crippen LogP contribution in [0.2, 0.25) is 0 Å². The van der Waals surface area contributed by atoms with Crippen molar-refractivity contribution in [3.63, 3.8) is 0 Å². The number of amides is 2. The number of nitrogens with zero attached hydrogens (tertiary/aromatic N) is 4. The van der Waals surface area contributed by atoms with Crippen LogP contribution >= 0.6 is 0 Å². The van der Waals surface area contributed by atoms with E-state index in [1.807, 2.05) is 18.2 Å². The molecule has 3 aliphatic heterocycles. The summed E-state index contributed by atoms with van der Waals surface area (Å²) >= 11 is 0. The van der Waals surface area contributed by atoms with Gasteiger partial charge in [-0.25, -0.2) is 13.8 Å². The van der Waals surface area contributed by atoms with Crippen LogP contribution in [0.15, 0.2) is 24.4 Å². The number of pyridine rings is 1. The van der Waals surface area contributed by atoms with Crippen molar-refractivity contribution in [2.45, 2.75) is 24.2 Å². The van der Waals surface area contributed by atoms with Gasteiger partial charge in [-0.1, -0.05) is 6.07 Å². The highest BCUT2D eigenvalue weighted by Crippen LogP contribution is 2.46. The number of anilines is 1. The van der Waals surface area contributed by atoms with Gasteiger partial charge in [0.2, 0.25) is 11.6 Å². The zero-order valence-corrected chi connectivity index (χ0v) is 16.5. The molecule has 0 N–H and O–H groups in total. The van der Waals surface area contributed by atoms with Gasteiger partial charge in [0, 0.05) is 38.9 Å². The van der Waals surface area contributed by atoms with Crippen molar-refractivity contribution >= 4 is 17.6 Å². The van der Waals surface area contributed by atoms with E-state index in [2.05, 4.69) is 9.88 Å². The summed E-state index contributed by atoms with van der Waals surface area (Å²) in [7, 11) is 1.47. The molecule has 0 saturated carbocycles. The topological polar surface area (TPSA) is 66.0 Å². The van der Waals surface area contributed by atoms with Crippen LogP contribution in [0.25, 0.3) is 0 Å². The van der Waals surface area contributed by atoms with Crippen LogP contribution in [0.1, 0.15) is 12.8 Å². The predicted octanol–water partition coefficient (Wildman–Crippen LogP) is 1.05. The van der Waals surface area contributed by atoms with Gasteiger partial charge in [0.15, 0.2) is 5.67 Å². The summed E-state index contributed by atoms with van der Waals surface area (Å²) in [6, 6.07) is 5.68. The molecule has 1 aromatic heterocycles.